The van der Waals surface area contributed by atoms with Crippen molar-refractivity contribution in [2.75, 3.05) is 31.7 Å². The molecule has 2 aliphatic carbocycles. The molecular formula is C37H47ClFN4O5S-. The minimum absolute atomic E-state index is 0.116. The fourth-order valence-electron chi connectivity index (χ4n) is 7.48. The summed E-state index contributed by atoms with van der Waals surface area (Å²) in [6, 6.07) is 10.2. The molecule has 2 aromatic rings. The second-order valence-corrected chi connectivity index (χ2v) is 16.1. The first-order valence-electron chi connectivity index (χ1n) is 17.4. The third-order valence-electron chi connectivity index (χ3n) is 10.5. The van der Waals surface area contributed by atoms with Crippen molar-refractivity contribution in [3.63, 3.8) is 0 Å². The molecule has 0 saturated heterocycles. The molecule has 0 spiro atoms. The van der Waals surface area contributed by atoms with E-state index >= 15 is 0 Å². The molecule has 12 heteroatoms. The van der Waals surface area contributed by atoms with E-state index in [1.165, 1.54) is 11.1 Å². The predicted octanol–water partition coefficient (Wildman–Crippen LogP) is 7.11. The third kappa shape index (κ3) is 7.94. The van der Waals surface area contributed by atoms with Gasteiger partial charge >= 0.3 is 6.03 Å². The number of carbonyl (C=O) groups is 2. The Bertz CT molecular complexity index is 1680. The van der Waals surface area contributed by atoms with Crippen LogP contribution in [0.1, 0.15) is 74.4 Å². The monoisotopic (exact) mass is 713 g/mol. The highest BCUT2D eigenvalue weighted by molar-refractivity contribution is 7.75. The normalized spacial score (nSPS) is 32.4. The summed E-state index contributed by atoms with van der Waals surface area (Å²) in [5, 5.41) is 5.02. The molecule has 2 fully saturated rings. The first-order chi connectivity index (χ1) is 23.5. The number of urea groups is 1. The number of allylic oxidation sites excluding steroid dienone is 1. The lowest BCUT2D eigenvalue weighted by Crippen LogP contribution is -2.48. The van der Waals surface area contributed by atoms with E-state index in [4.69, 9.17) is 21.1 Å². The smallest absolute Gasteiger partial charge is 0.313 e. The molecule has 49 heavy (non-hydrogen) atoms. The van der Waals surface area contributed by atoms with Crippen LogP contribution in [0.4, 0.5) is 14.9 Å². The zero-order chi connectivity index (χ0) is 34.9. The van der Waals surface area contributed by atoms with E-state index in [0.717, 1.165) is 37.9 Å². The Balaban J connectivity index is 1.38. The Morgan fingerprint density at radius 2 is 2.02 bits per heavy atom. The lowest BCUT2D eigenvalue weighted by Gasteiger charge is -2.44. The highest BCUT2D eigenvalue weighted by Gasteiger charge is 2.42. The van der Waals surface area contributed by atoms with Gasteiger partial charge in [-0.05, 0) is 90.3 Å². The van der Waals surface area contributed by atoms with Gasteiger partial charge < -0.3 is 33.6 Å². The van der Waals surface area contributed by atoms with Gasteiger partial charge in [0.2, 0.25) is 0 Å². The molecule has 0 radical (unpaired) electrons. The first kappa shape index (κ1) is 35.7. The Kier molecular flexibility index (Phi) is 10.9. The van der Waals surface area contributed by atoms with Crippen LogP contribution < -0.4 is 20.3 Å². The number of amides is 3. The van der Waals surface area contributed by atoms with Crippen molar-refractivity contribution in [3.8, 4) is 5.75 Å². The summed E-state index contributed by atoms with van der Waals surface area (Å²) in [6.07, 6.45) is 7.54. The minimum atomic E-state index is -2.12. The molecule has 266 valence electrons. The number of rotatable bonds is 6. The fraction of sp³-hybridized carbons (Fsp3) is 0.568. The summed E-state index contributed by atoms with van der Waals surface area (Å²) < 4.78 is 43.8. The van der Waals surface area contributed by atoms with Gasteiger partial charge in [-0.15, -0.1) is 0 Å². The van der Waals surface area contributed by atoms with Gasteiger partial charge in [-0.2, -0.15) is 10.6 Å². The lowest BCUT2D eigenvalue weighted by molar-refractivity contribution is 0.0132. The van der Waals surface area contributed by atoms with Crippen LogP contribution in [0.3, 0.4) is 0 Å². The maximum absolute atomic E-state index is 13.7. The quantitative estimate of drug-likeness (QED) is 0.244. The molecule has 2 aromatic carbocycles. The number of benzene rings is 2. The number of ether oxygens (including phenoxy) is 2. The molecular weight excluding hydrogens is 667 g/mol. The van der Waals surface area contributed by atoms with Crippen molar-refractivity contribution in [2.45, 2.75) is 88.4 Å². The SMILES string of the molecule is CCCc1cc(Cl)ccc1[C@]1(C)COc2ccc3cc2N(C[C@@H]2CC[C@H]2[C@@H](OC)/C=C/C[C@H](C)C(NC(=O)N[C@H]2C[C@H]2F)[S-](=O)=NC3=O)C1. The Morgan fingerprint density at radius 1 is 1.22 bits per heavy atom. The molecule has 3 amide bonds. The molecule has 9 nitrogen and oxygen atoms in total. The summed E-state index contributed by atoms with van der Waals surface area (Å²) >= 11 is 6.46. The van der Waals surface area contributed by atoms with E-state index in [2.05, 4.69) is 52.0 Å². The number of nitrogens with zero attached hydrogens (tertiary/aromatic N) is 2. The largest absolute Gasteiger partial charge is 0.490 e. The maximum atomic E-state index is 13.7. The number of hydrogen-bond donors (Lipinski definition) is 2. The van der Waals surface area contributed by atoms with E-state index in [9.17, 15) is 18.2 Å². The highest BCUT2D eigenvalue weighted by Crippen LogP contribution is 2.44. The zero-order valence-corrected chi connectivity index (χ0v) is 30.2. The van der Waals surface area contributed by atoms with Gasteiger partial charge in [-0.25, -0.2) is 9.18 Å². The Hall–Kier alpha value is -3.15. The molecule has 2 bridgehead atoms. The number of nitrogens with one attached hydrogen (secondary N) is 2. The summed E-state index contributed by atoms with van der Waals surface area (Å²) in [5.74, 6) is 0.303. The van der Waals surface area contributed by atoms with E-state index in [0.29, 0.717) is 36.3 Å². The summed E-state index contributed by atoms with van der Waals surface area (Å²) in [7, 11) is -0.390. The van der Waals surface area contributed by atoms with E-state index in [1.807, 2.05) is 19.1 Å². The fourth-order valence-corrected chi connectivity index (χ4v) is 8.77. The van der Waals surface area contributed by atoms with Gasteiger partial charge in [0.25, 0.3) is 5.91 Å². The Morgan fingerprint density at radius 3 is 2.71 bits per heavy atom. The van der Waals surface area contributed by atoms with Gasteiger partial charge in [0, 0.05) is 42.6 Å². The lowest BCUT2D eigenvalue weighted by atomic mass is 9.69. The number of alkyl halides is 1. The highest BCUT2D eigenvalue weighted by atomic mass is 35.5. The molecule has 2 heterocycles. The number of fused-ring (bicyclic) bond motifs is 2. The second-order valence-electron chi connectivity index (χ2n) is 14.4. The van der Waals surface area contributed by atoms with Crippen molar-refractivity contribution < 1.29 is 27.7 Å². The zero-order valence-electron chi connectivity index (χ0n) is 28.6. The van der Waals surface area contributed by atoms with Crippen molar-refractivity contribution in [1.29, 1.82) is 0 Å². The van der Waals surface area contributed by atoms with Crippen LogP contribution in [-0.4, -0.2) is 62.4 Å². The molecule has 1 unspecified atom stereocenters. The van der Waals surface area contributed by atoms with Crippen LogP contribution >= 0.6 is 11.6 Å². The number of hydrogen-bond acceptors (Lipinski definition) is 7. The van der Waals surface area contributed by atoms with Crippen LogP contribution in [0.5, 0.6) is 5.75 Å². The standard InChI is InChI=1S/C37H47ClFN4O5S/c1-5-7-23-16-26(38)12-14-28(23)37(3)20-43-19-25-10-13-27(25)32(47-4)9-6-8-22(2)35(41-36(45)40-30-18-29(30)39)49(46)42-34(44)24-11-15-33(48-21-37)31(43)17-24/h6,9,11-12,14-17,22,25,27,29-30,32,35H,5,7-8,10,13,18-21H2,1-4H3,(H2,40,41,45)/q-1/b9-6+/t22-,25-,27+,29+,30-,32-,35?,37-/m0/s1. The number of aryl methyl sites for hydroxylation is 1. The van der Waals surface area contributed by atoms with Gasteiger partial charge in [-0.1, -0.05) is 57.0 Å². The van der Waals surface area contributed by atoms with Gasteiger partial charge in [0.15, 0.2) is 0 Å². The van der Waals surface area contributed by atoms with Gasteiger partial charge in [0.05, 0.1) is 24.4 Å². The van der Waals surface area contributed by atoms with E-state index < -0.39 is 40.1 Å². The molecule has 2 N–H and O–H groups in total. The predicted molar refractivity (Wildman–Crippen MR) is 190 cm³/mol. The maximum Gasteiger partial charge on any atom is 0.313 e. The summed E-state index contributed by atoms with van der Waals surface area (Å²) in [6.45, 7) is 8.07. The van der Waals surface area contributed by atoms with Crippen molar-refractivity contribution in [3.05, 3.63) is 70.3 Å². The van der Waals surface area contributed by atoms with Crippen molar-refractivity contribution >= 4 is 39.8 Å². The average Bonchev–Trinajstić information content (AvgIpc) is 3.78. The molecule has 0 aromatic heterocycles. The van der Waals surface area contributed by atoms with Crippen LogP contribution in [0.15, 0.2) is 52.9 Å². The molecule has 8 atom stereocenters. The van der Waals surface area contributed by atoms with Gasteiger partial charge in [-0.3, -0.25) is 4.79 Å². The molecule has 4 aliphatic rings. The van der Waals surface area contributed by atoms with E-state index in [1.54, 1.807) is 25.3 Å². The van der Waals surface area contributed by atoms with E-state index in [-0.39, 0.29) is 35.3 Å². The summed E-state index contributed by atoms with van der Waals surface area (Å²) in [5.41, 5.74) is 3.09. The Labute approximate surface area is 295 Å². The van der Waals surface area contributed by atoms with Crippen LogP contribution in [0.25, 0.3) is 0 Å². The topological polar surface area (TPSA) is 109 Å². The van der Waals surface area contributed by atoms with Crippen LogP contribution in [-0.2, 0) is 31.4 Å². The number of halogens is 2. The molecule has 2 saturated carbocycles. The minimum Gasteiger partial charge on any atom is -0.490 e. The van der Waals surface area contributed by atoms with Crippen LogP contribution in [0.2, 0.25) is 5.02 Å². The third-order valence-corrected chi connectivity index (χ3v) is 12.1. The number of methoxy groups -OCH3 is 1. The molecule has 2 aliphatic heterocycles. The second kappa shape index (κ2) is 15.0. The first-order valence-corrected chi connectivity index (χ1v) is 18.9. The average molecular weight is 714 g/mol. The summed E-state index contributed by atoms with van der Waals surface area (Å²) in [4.78, 5) is 28.7. The number of anilines is 1. The number of carbonyl (C=O) groups excluding carboxylic acids is 2. The van der Waals surface area contributed by atoms with Crippen LogP contribution in [0, 0.1) is 17.8 Å². The molecule has 6 rings (SSSR count). The van der Waals surface area contributed by atoms with Gasteiger partial charge in [0.1, 0.15) is 11.9 Å². The van der Waals surface area contributed by atoms with Crippen molar-refractivity contribution in [1.82, 2.24) is 10.6 Å². The van der Waals surface area contributed by atoms with Crippen molar-refractivity contribution in [2.24, 2.45) is 22.1 Å².